The van der Waals surface area contributed by atoms with Crippen molar-refractivity contribution >= 4 is 5.91 Å². The van der Waals surface area contributed by atoms with Gasteiger partial charge in [0.25, 0.3) is 0 Å². The van der Waals surface area contributed by atoms with Crippen molar-refractivity contribution in [1.29, 1.82) is 0 Å². The molecular weight excluding hydrogens is 152 g/mol. The van der Waals surface area contributed by atoms with Crippen LogP contribution in [0.4, 0.5) is 0 Å². The first-order valence-corrected chi connectivity index (χ1v) is 4.50. The fraction of sp³-hybridized carbons (Fsp3) is 0.889. The largest absolute Gasteiger partial charge is 0.355 e. The zero-order chi connectivity index (χ0) is 9.56. The van der Waals surface area contributed by atoms with Gasteiger partial charge in [0.15, 0.2) is 0 Å². The normalized spacial score (nSPS) is 13.1. The number of carbonyl (C=O) groups is 1. The molecule has 0 fully saturated rings. The number of nitrogens with one attached hydrogen (secondary N) is 1. The van der Waals surface area contributed by atoms with E-state index in [-0.39, 0.29) is 11.8 Å². The Hall–Kier alpha value is -0.570. The minimum absolute atomic E-state index is 0.146. The first kappa shape index (κ1) is 11.4. The maximum absolute atomic E-state index is 11.2. The van der Waals surface area contributed by atoms with Crippen LogP contribution in [0.1, 0.15) is 20.3 Å². The highest BCUT2D eigenvalue weighted by Gasteiger charge is 2.08. The van der Waals surface area contributed by atoms with E-state index >= 15 is 0 Å². The highest BCUT2D eigenvalue weighted by molar-refractivity contribution is 5.78. The zero-order valence-corrected chi connectivity index (χ0v) is 8.55. The Kier molecular flexibility index (Phi) is 5.72. The summed E-state index contributed by atoms with van der Waals surface area (Å²) in [7, 11) is 3.99. The smallest absolute Gasteiger partial charge is 0.222 e. The van der Waals surface area contributed by atoms with Crippen molar-refractivity contribution < 1.29 is 4.79 Å². The van der Waals surface area contributed by atoms with Crippen molar-refractivity contribution in [3.05, 3.63) is 0 Å². The van der Waals surface area contributed by atoms with E-state index in [2.05, 4.69) is 10.2 Å². The van der Waals surface area contributed by atoms with Gasteiger partial charge in [0.1, 0.15) is 0 Å². The first-order valence-electron chi connectivity index (χ1n) is 4.50. The quantitative estimate of drug-likeness (QED) is 0.662. The van der Waals surface area contributed by atoms with Gasteiger partial charge in [-0.3, -0.25) is 4.79 Å². The van der Waals surface area contributed by atoms with E-state index in [1.165, 1.54) is 0 Å². The minimum Gasteiger partial charge on any atom is -0.355 e. The maximum atomic E-state index is 11.2. The van der Waals surface area contributed by atoms with E-state index in [1.54, 1.807) is 0 Å². The summed E-state index contributed by atoms with van der Waals surface area (Å²) < 4.78 is 0. The molecule has 1 N–H and O–H groups in total. The second-order valence-corrected chi connectivity index (χ2v) is 3.40. The lowest BCUT2D eigenvalue weighted by atomic mass is 10.1. The number of carbonyl (C=O) groups excluding carboxylic acids is 1. The van der Waals surface area contributed by atoms with E-state index in [0.717, 1.165) is 19.5 Å². The third-order valence-corrected chi connectivity index (χ3v) is 1.92. The van der Waals surface area contributed by atoms with Crippen molar-refractivity contribution in [2.45, 2.75) is 20.3 Å². The molecule has 0 aliphatic carbocycles. The van der Waals surface area contributed by atoms with Gasteiger partial charge in [-0.2, -0.15) is 0 Å². The molecule has 0 bridgehead atoms. The number of rotatable bonds is 5. The SMILES string of the molecule is CCC(C)C(=O)NCCN(C)C. The average molecular weight is 172 g/mol. The van der Waals surface area contributed by atoms with Gasteiger partial charge in [-0.1, -0.05) is 13.8 Å². The number of nitrogens with zero attached hydrogens (tertiary/aromatic N) is 1. The second kappa shape index (κ2) is 6.00. The van der Waals surface area contributed by atoms with Crippen LogP contribution in [-0.4, -0.2) is 38.0 Å². The number of hydrogen-bond donors (Lipinski definition) is 1. The lowest BCUT2D eigenvalue weighted by molar-refractivity contribution is -0.124. The molecule has 0 aliphatic rings. The molecule has 0 spiro atoms. The van der Waals surface area contributed by atoms with Crippen molar-refractivity contribution in [3.8, 4) is 0 Å². The summed E-state index contributed by atoms with van der Waals surface area (Å²) in [6.07, 6.45) is 0.911. The van der Waals surface area contributed by atoms with Crippen molar-refractivity contribution in [3.63, 3.8) is 0 Å². The molecule has 1 atom stereocenters. The molecule has 0 rings (SSSR count). The lowest BCUT2D eigenvalue weighted by Crippen LogP contribution is -2.34. The van der Waals surface area contributed by atoms with Crippen LogP contribution in [0.5, 0.6) is 0 Å². The molecular formula is C9H20N2O. The van der Waals surface area contributed by atoms with Gasteiger partial charge >= 0.3 is 0 Å². The topological polar surface area (TPSA) is 32.3 Å². The molecule has 3 nitrogen and oxygen atoms in total. The average Bonchev–Trinajstić information content (AvgIpc) is 2.02. The molecule has 1 amide bonds. The van der Waals surface area contributed by atoms with E-state index in [9.17, 15) is 4.79 Å². The van der Waals surface area contributed by atoms with Crippen molar-refractivity contribution in [1.82, 2.24) is 10.2 Å². The van der Waals surface area contributed by atoms with Gasteiger partial charge in [0.2, 0.25) is 5.91 Å². The van der Waals surface area contributed by atoms with Crippen LogP contribution in [0.25, 0.3) is 0 Å². The summed E-state index contributed by atoms with van der Waals surface area (Å²) in [5.74, 6) is 0.312. The molecule has 0 heterocycles. The van der Waals surface area contributed by atoms with Crippen LogP contribution in [0.2, 0.25) is 0 Å². The van der Waals surface area contributed by atoms with Crippen LogP contribution >= 0.6 is 0 Å². The van der Waals surface area contributed by atoms with Crippen LogP contribution in [0.15, 0.2) is 0 Å². The lowest BCUT2D eigenvalue weighted by Gasteiger charge is -2.12. The highest BCUT2D eigenvalue weighted by Crippen LogP contribution is 1.98. The van der Waals surface area contributed by atoms with E-state index in [1.807, 2.05) is 27.9 Å². The molecule has 3 heteroatoms. The van der Waals surface area contributed by atoms with Gasteiger partial charge in [0, 0.05) is 19.0 Å². The van der Waals surface area contributed by atoms with Crippen LogP contribution in [-0.2, 0) is 4.79 Å². The van der Waals surface area contributed by atoms with E-state index < -0.39 is 0 Å². The number of hydrogen-bond acceptors (Lipinski definition) is 2. The van der Waals surface area contributed by atoms with Crippen LogP contribution < -0.4 is 5.32 Å². The van der Waals surface area contributed by atoms with Crippen molar-refractivity contribution in [2.24, 2.45) is 5.92 Å². The molecule has 1 unspecified atom stereocenters. The summed E-state index contributed by atoms with van der Waals surface area (Å²) in [5.41, 5.74) is 0. The molecule has 0 aliphatic heterocycles. The third-order valence-electron chi connectivity index (χ3n) is 1.92. The molecule has 0 saturated heterocycles. The minimum atomic E-state index is 0.146. The molecule has 0 aromatic rings. The summed E-state index contributed by atoms with van der Waals surface area (Å²) in [4.78, 5) is 13.3. The molecule has 12 heavy (non-hydrogen) atoms. The Bertz CT molecular complexity index is 134. The van der Waals surface area contributed by atoms with Gasteiger partial charge in [-0.25, -0.2) is 0 Å². The van der Waals surface area contributed by atoms with Crippen LogP contribution in [0, 0.1) is 5.92 Å². The van der Waals surface area contributed by atoms with Gasteiger partial charge < -0.3 is 10.2 Å². The predicted octanol–water partition coefficient (Wildman–Crippen LogP) is 0.710. The standard InChI is InChI=1S/C9H20N2O/c1-5-8(2)9(12)10-6-7-11(3)4/h8H,5-7H2,1-4H3,(H,10,12). The monoisotopic (exact) mass is 172 g/mol. The first-order chi connectivity index (χ1) is 5.57. The molecule has 0 aromatic carbocycles. The Morgan fingerprint density at radius 3 is 2.50 bits per heavy atom. The van der Waals surface area contributed by atoms with Crippen molar-refractivity contribution in [2.75, 3.05) is 27.2 Å². The molecule has 0 aromatic heterocycles. The van der Waals surface area contributed by atoms with Crippen LogP contribution in [0.3, 0.4) is 0 Å². The zero-order valence-electron chi connectivity index (χ0n) is 8.55. The third kappa shape index (κ3) is 5.13. The maximum Gasteiger partial charge on any atom is 0.222 e. The van der Waals surface area contributed by atoms with Gasteiger partial charge in [-0.15, -0.1) is 0 Å². The number of amides is 1. The predicted molar refractivity (Wildman–Crippen MR) is 51.0 cm³/mol. The summed E-state index contributed by atoms with van der Waals surface area (Å²) in [6, 6.07) is 0. The second-order valence-electron chi connectivity index (χ2n) is 3.40. The molecule has 72 valence electrons. The Morgan fingerprint density at radius 2 is 2.08 bits per heavy atom. The fourth-order valence-electron chi connectivity index (χ4n) is 0.762. The van der Waals surface area contributed by atoms with E-state index in [0.29, 0.717) is 0 Å². The Balaban J connectivity index is 3.44. The van der Waals surface area contributed by atoms with Gasteiger partial charge in [0.05, 0.1) is 0 Å². The fourth-order valence-corrected chi connectivity index (χ4v) is 0.762. The van der Waals surface area contributed by atoms with E-state index in [4.69, 9.17) is 0 Å². The summed E-state index contributed by atoms with van der Waals surface area (Å²) in [5, 5.41) is 2.88. The Morgan fingerprint density at radius 1 is 1.50 bits per heavy atom. The van der Waals surface area contributed by atoms with Gasteiger partial charge in [-0.05, 0) is 20.5 Å². The molecule has 0 radical (unpaired) electrons. The molecule has 0 saturated carbocycles. The summed E-state index contributed by atoms with van der Waals surface area (Å²) in [6.45, 7) is 5.62. The summed E-state index contributed by atoms with van der Waals surface area (Å²) >= 11 is 0. The Labute approximate surface area is 75.1 Å². The highest BCUT2D eigenvalue weighted by atomic mass is 16.1. The number of likely N-dealkylation sites (N-methyl/N-ethyl adjacent to an activating group) is 1.